The van der Waals surface area contributed by atoms with E-state index in [1.165, 1.54) is 17.3 Å². The topological polar surface area (TPSA) is 46.9 Å². The van der Waals surface area contributed by atoms with E-state index in [-0.39, 0.29) is 12.1 Å². The van der Waals surface area contributed by atoms with Gasteiger partial charge in [0.15, 0.2) is 0 Å². The molecule has 4 nitrogen and oxygen atoms in total. The average molecular weight is 266 g/mol. The zero-order chi connectivity index (χ0) is 13.1. The van der Waals surface area contributed by atoms with Crippen LogP contribution in [0, 0.1) is 18.3 Å². The van der Waals surface area contributed by atoms with Gasteiger partial charge in [0.25, 0.3) is 5.56 Å². The first-order valence-corrected chi connectivity index (χ1v) is 6.45. The highest BCUT2D eigenvalue weighted by Crippen LogP contribution is 2.28. The van der Waals surface area contributed by atoms with Gasteiger partial charge in [-0.1, -0.05) is 24.4 Å². The van der Waals surface area contributed by atoms with Crippen LogP contribution in [0.3, 0.4) is 0 Å². The van der Waals surface area contributed by atoms with Crippen molar-refractivity contribution in [1.82, 2.24) is 9.78 Å². The molecule has 1 N–H and O–H groups in total. The van der Waals surface area contributed by atoms with Crippen molar-refractivity contribution in [2.24, 2.45) is 5.92 Å². The molecule has 2 unspecified atom stereocenters. The molecule has 18 heavy (non-hydrogen) atoms. The van der Waals surface area contributed by atoms with Gasteiger partial charge in [-0.15, -0.1) is 6.42 Å². The molecule has 0 radical (unpaired) electrons. The van der Waals surface area contributed by atoms with E-state index in [1.807, 2.05) is 0 Å². The molecule has 1 aliphatic rings. The standard InChI is InChI=1S/C13H16ClN3O/c1-3-6-17-13(18)12(11(14)8-15-17)16-10-5-4-9(2)7-10/h1,8-10,16H,4-7H2,2H3. The van der Waals surface area contributed by atoms with Gasteiger partial charge in [-0.05, 0) is 25.2 Å². The van der Waals surface area contributed by atoms with Gasteiger partial charge in [0, 0.05) is 6.04 Å². The highest BCUT2D eigenvalue weighted by atomic mass is 35.5. The number of rotatable bonds is 3. The Bertz CT molecular complexity index is 532. The van der Waals surface area contributed by atoms with Crippen molar-refractivity contribution in [3.05, 3.63) is 21.6 Å². The van der Waals surface area contributed by atoms with E-state index >= 15 is 0 Å². The Balaban J connectivity index is 2.24. The lowest BCUT2D eigenvalue weighted by Gasteiger charge is -2.15. The van der Waals surface area contributed by atoms with Crippen LogP contribution in [0.4, 0.5) is 5.69 Å². The van der Waals surface area contributed by atoms with Crippen LogP contribution in [-0.4, -0.2) is 15.8 Å². The summed E-state index contributed by atoms with van der Waals surface area (Å²) in [6.07, 6.45) is 9.96. The zero-order valence-electron chi connectivity index (χ0n) is 10.3. The minimum Gasteiger partial charge on any atom is -0.377 e. The molecule has 0 bridgehead atoms. The summed E-state index contributed by atoms with van der Waals surface area (Å²) in [5, 5.41) is 7.49. The fourth-order valence-electron chi connectivity index (χ4n) is 2.34. The highest BCUT2D eigenvalue weighted by molar-refractivity contribution is 6.33. The maximum atomic E-state index is 12.1. The molecule has 1 aromatic heterocycles. The summed E-state index contributed by atoms with van der Waals surface area (Å²) in [5.74, 6) is 3.09. The van der Waals surface area contributed by atoms with Gasteiger partial charge in [-0.25, -0.2) is 4.68 Å². The second-order valence-corrected chi connectivity index (χ2v) is 5.20. The van der Waals surface area contributed by atoms with Crippen LogP contribution in [0.2, 0.25) is 5.02 Å². The van der Waals surface area contributed by atoms with Crippen LogP contribution in [-0.2, 0) is 6.54 Å². The van der Waals surface area contributed by atoms with E-state index in [0.29, 0.717) is 22.7 Å². The van der Waals surface area contributed by atoms with E-state index in [2.05, 4.69) is 23.3 Å². The smallest absolute Gasteiger partial charge is 0.292 e. The van der Waals surface area contributed by atoms with Gasteiger partial charge in [0.05, 0.1) is 11.2 Å². The molecule has 5 heteroatoms. The summed E-state index contributed by atoms with van der Waals surface area (Å²) in [6.45, 7) is 2.37. The highest BCUT2D eigenvalue weighted by Gasteiger charge is 2.23. The number of hydrogen-bond acceptors (Lipinski definition) is 3. The molecule has 1 aromatic rings. The molecule has 1 fully saturated rings. The molecule has 96 valence electrons. The molecule has 1 saturated carbocycles. The van der Waals surface area contributed by atoms with Crippen molar-refractivity contribution in [3.63, 3.8) is 0 Å². The van der Waals surface area contributed by atoms with Gasteiger partial charge >= 0.3 is 0 Å². The van der Waals surface area contributed by atoms with E-state index in [1.54, 1.807) is 0 Å². The number of aromatic nitrogens is 2. The molecular formula is C13H16ClN3O. The van der Waals surface area contributed by atoms with E-state index in [0.717, 1.165) is 12.8 Å². The second-order valence-electron chi connectivity index (χ2n) is 4.79. The molecule has 0 aliphatic heterocycles. The van der Waals surface area contributed by atoms with Crippen LogP contribution < -0.4 is 10.9 Å². The van der Waals surface area contributed by atoms with Gasteiger partial charge in [0.1, 0.15) is 12.2 Å². The number of anilines is 1. The van der Waals surface area contributed by atoms with E-state index < -0.39 is 0 Å². The molecule has 1 aliphatic carbocycles. The Morgan fingerprint density at radius 2 is 2.44 bits per heavy atom. The third-order valence-corrected chi connectivity index (χ3v) is 3.57. The number of nitrogens with one attached hydrogen (secondary N) is 1. The fraction of sp³-hybridized carbons (Fsp3) is 0.538. The van der Waals surface area contributed by atoms with Crippen molar-refractivity contribution in [2.75, 3.05) is 5.32 Å². The predicted molar refractivity (Wildman–Crippen MR) is 72.8 cm³/mol. The minimum absolute atomic E-state index is 0.158. The van der Waals surface area contributed by atoms with Crippen molar-refractivity contribution >= 4 is 17.3 Å². The molecule has 0 saturated heterocycles. The molecule has 2 atom stereocenters. The first-order chi connectivity index (χ1) is 8.61. The SMILES string of the molecule is C#CCn1ncc(Cl)c(NC2CCC(C)C2)c1=O. The maximum absolute atomic E-state index is 12.1. The Morgan fingerprint density at radius 3 is 3.06 bits per heavy atom. The van der Waals surface area contributed by atoms with Gasteiger partial charge in [-0.2, -0.15) is 5.10 Å². The summed E-state index contributed by atoms with van der Waals surface area (Å²) in [5.41, 5.74) is 0.168. The van der Waals surface area contributed by atoms with Gasteiger partial charge < -0.3 is 5.32 Å². The average Bonchev–Trinajstić information content (AvgIpc) is 2.74. The van der Waals surface area contributed by atoms with Crippen molar-refractivity contribution in [1.29, 1.82) is 0 Å². The summed E-state index contributed by atoms with van der Waals surface area (Å²) in [7, 11) is 0. The van der Waals surface area contributed by atoms with Gasteiger partial charge in [-0.3, -0.25) is 4.79 Å². The number of nitrogens with zero attached hydrogens (tertiary/aromatic N) is 2. The molecule has 0 amide bonds. The third kappa shape index (κ3) is 2.68. The minimum atomic E-state index is -0.250. The third-order valence-electron chi connectivity index (χ3n) is 3.28. The number of halogens is 1. The Morgan fingerprint density at radius 1 is 1.67 bits per heavy atom. The summed E-state index contributed by atoms with van der Waals surface area (Å²) in [6, 6.07) is 0.312. The summed E-state index contributed by atoms with van der Waals surface area (Å²) < 4.78 is 1.24. The van der Waals surface area contributed by atoms with E-state index in [4.69, 9.17) is 18.0 Å². The molecular weight excluding hydrogens is 250 g/mol. The lowest BCUT2D eigenvalue weighted by Crippen LogP contribution is -2.28. The predicted octanol–water partition coefficient (Wildman–Crippen LogP) is 2.13. The fourth-order valence-corrected chi connectivity index (χ4v) is 2.52. The van der Waals surface area contributed by atoms with Crippen LogP contribution in [0.25, 0.3) is 0 Å². The first-order valence-electron chi connectivity index (χ1n) is 6.07. The second kappa shape index (κ2) is 5.45. The molecule has 2 rings (SSSR count). The van der Waals surface area contributed by atoms with Crippen LogP contribution in [0.5, 0.6) is 0 Å². The Labute approximate surface area is 111 Å². The Kier molecular flexibility index (Phi) is 3.93. The summed E-state index contributed by atoms with van der Waals surface area (Å²) >= 11 is 6.03. The molecule has 1 heterocycles. The molecule has 0 spiro atoms. The lowest BCUT2D eigenvalue weighted by atomic mass is 10.1. The van der Waals surface area contributed by atoms with Crippen LogP contribution >= 0.6 is 11.6 Å². The van der Waals surface area contributed by atoms with Gasteiger partial charge in [0.2, 0.25) is 0 Å². The largest absolute Gasteiger partial charge is 0.377 e. The van der Waals surface area contributed by atoms with Crippen molar-refractivity contribution < 1.29 is 0 Å². The summed E-state index contributed by atoms with van der Waals surface area (Å²) in [4.78, 5) is 12.1. The lowest BCUT2D eigenvalue weighted by molar-refractivity contribution is 0.601. The van der Waals surface area contributed by atoms with Crippen molar-refractivity contribution in [2.45, 2.75) is 38.8 Å². The molecule has 0 aromatic carbocycles. The number of terminal acetylenes is 1. The number of hydrogen-bond donors (Lipinski definition) is 1. The zero-order valence-corrected chi connectivity index (χ0v) is 11.1. The van der Waals surface area contributed by atoms with Crippen LogP contribution in [0.1, 0.15) is 26.2 Å². The normalized spacial score (nSPS) is 22.7. The van der Waals surface area contributed by atoms with Crippen molar-refractivity contribution in [3.8, 4) is 12.3 Å². The maximum Gasteiger partial charge on any atom is 0.292 e. The van der Waals surface area contributed by atoms with E-state index in [9.17, 15) is 4.79 Å². The van der Waals surface area contributed by atoms with Crippen LogP contribution in [0.15, 0.2) is 11.0 Å². The quantitative estimate of drug-likeness (QED) is 0.852. The Hall–Kier alpha value is -1.47. The monoisotopic (exact) mass is 265 g/mol. The first kappa shape index (κ1) is 13.0.